The lowest BCUT2D eigenvalue weighted by molar-refractivity contribution is -0.116. The molecule has 2 aliphatic rings. The molecule has 0 fully saturated rings. The molecule has 1 amide bonds. The lowest BCUT2D eigenvalue weighted by Gasteiger charge is -2.34. The molecule has 0 bridgehead atoms. The van der Waals surface area contributed by atoms with Crippen LogP contribution < -0.4 is 25.4 Å². The predicted octanol–water partition coefficient (Wildman–Crippen LogP) is 1.68. The van der Waals surface area contributed by atoms with Gasteiger partial charge in [0, 0.05) is 15.3 Å². The van der Waals surface area contributed by atoms with E-state index in [9.17, 15) is 9.90 Å². The maximum absolute atomic E-state index is 12.9. The van der Waals surface area contributed by atoms with Crippen molar-refractivity contribution in [1.82, 2.24) is 10.3 Å². The molecule has 1 unspecified atom stereocenters. The van der Waals surface area contributed by atoms with Gasteiger partial charge in [0.2, 0.25) is 5.75 Å². The number of carbonyl (C=O) groups excluding carboxylic acids is 1. The van der Waals surface area contributed by atoms with Crippen LogP contribution in [-0.2, 0) is 4.79 Å². The fraction of sp³-hybridized carbons (Fsp3) is 0.211. The van der Waals surface area contributed by atoms with Crippen molar-refractivity contribution >= 4 is 44.5 Å². The molecule has 2 heterocycles. The Bertz CT molecular complexity index is 1140. The summed E-state index contributed by atoms with van der Waals surface area (Å²) < 4.78 is 11.4. The molecule has 0 spiro atoms. The van der Waals surface area contributed by atoms with E-state index < -0.39 is 6.17 Å². The molecular formula is C19H17BrN4O4S. The van der Waals surface area contributed by atoms with Crippen LogP contribution in [-0.4, -0.2) is 41.7 Å². The number of aromatic hydroxyl groups is 1. The number of halogens is 1. The van der Waals surface area contributed by atoms with E-state index in [4.69, 9.17) is 14.5 Å². The Kier molecular flexibility index (Phi) is 5.13. The second-order valence-corrected chi connectivity index (χ2v) is 7.91. The van der Waals surface area contributed by atoms with E-state index in [1.54, 1.807) is 17.1 Å². The molecule has 29 heavy (non-hydrogen) atoms. The van der Waals surface area contributed by atoms with Gasteiger partial charge in [-0.25, -0.2) is 5.01 Å². The number of phenols is 1. The Morgan fingerprint density at radius 3 is 2.52 bits per heavy atom. The van der Waals surface area contributed by atoms with Crippen LogP contribution in [0.1, 0.15) is 11.7 Å². The first-order chi connectivity index (χ1) is 14.0. The fourth-order valence-electron chi connectivity index (χ4n) is 3.22. The average Bonchev–Trinajstić information content (AvgIpc) is 2.73. The second-order valence-electron chi connectivity index (χ2n) is 6.19. The minimum atomic E-state index is -0.643. The predicted molar refractivity (Wildman–Crippen MR) is 113 cm³/mol. The number of hydrogen-bond acceptors (Lipinski definition) is 8. The van der Waals surface area contributed by atoms with Crippen molar-refractivity contribution < 1.29 is 19.4 Å². The first kappa shape index (κ1) is 19.6. The maximum Gasteiger partial charge on any atom is 0.276 e. The van der Waals surface area contributed by atoms with Gasteiger partial charge < -0.3 is 14.6 Å². The van der Waals surface area contributed by atoms with Crippen LogP contribution in [0.3, 0.4) is 0 Å². The van der Waals surface area contributed by atoms with Gasteiger partial charge in [-0.15, -0.1) is 5.10 Å². The summed E-state index contributed by atoms with van der Waals surface area (Å²) in [6.07, 6.45) is 1.19. The lowest BCUT2D eigenvalue weighted by Crippen LogP contribution is -2.50. The Labute approximate surface area is 179 Å². The first-order valence-corrected chi connectivity index (χ1v) is 10.5. The van der Waals surface area contributed by atoms with Gasteiger partial charge in [-0.05, 0) is 36.6 Å². The van der Waals surface area contributed by atoms with Crippen LogP contribution in [0.2, 0.25) is 0 Å². The van der Waals surface area contributed by atoms with Crippen LogP contribution in [0, 0.1) is 0 Å². The maximum atomic E-state index is 12.9. The molecule has 1 atom stereocenters. The SMILES string of the molecule is COc1cc(C2N=c3ccc(Br)cc3=C3C(=O)NC(SC)=NN32)cc(OC)c1O. The summed E-state index contributed by atoms with van der Waals surface area (Å²) in [6, 6.07) is 8.87. The molecule has 0 saturated carbocycles. The number of rotatable bonds is 3. The Morgan fingerprint density at radius 2 is 1.90 bits per heavy atom. The van der Waals surface area contributed by atoms with Crippen molar-refractivity contribution in [2.75, 3.05) is 20.5 Å². The molecule has 0 aliphatic carbocycles. The van der Waals surface area contributed by atoms with Gasteiger partial charge in [0.25, 0.3) is 5.91 Å². The molecule has 150 valence electrons. The van der Waals surface area contributed by atoms with Crippen LogP contribution in [0.15, 0.2) is 44.9 Å². The zero-order valence-corrected chi connectivity index (χ0v) is 18.2. The van der Waals surface area contributed by atoms with Crippen molar-refractivity contribution in [3.63, 3.8) is 0 Å². The van der Waals surface area contributed by atoms with Crippen LogP contribution >= 0.6 is 27.7 Å². The number of carbonyl (C=O) groups is 1. The zero-order valence-electron chi connectivity index (χ0n) is 15.8. The van der Waals surface area contributed by atoms with Gasteiger partial charge >= 0.3 is 0 Å². The summed E-state index contributed by atoms with van der Waals surface area (Å²) in [5, 5.41) is 21.0. The van der Waals surface area contributed by atoms with E-state index >= 15 is 0 Å². The fourth-order valence-corrected chi connectivity index (χ4v) is 3.95. The molecule has 8 nitrogen and oxygen atoms in total. The highest BCUT2D eigenvalue weighted by atomic mass is 79.9. The van der Waals surface area contributed by atoms with E-state index in [2.05, 4.69) is 26.3 Å². The van der Waals surface area contributed by atoms with Crippen LogP contribution in [0.25, 0.3) is 5.70 Å². The number of fused-ring (bicyclic) bond motifs is 2. The number of nitrogens with zero attached hydrogens (tertiary/aromatic N) is 3. The Hall–Kier alpha value is -2.72. The number of hydrazone groups is 1. The molecule has 2 aliphatic heterocycles. The van der Waals surface area contributed by atoms with E-state index in [0.717, 1.165) is 4.47 Å². The number of amides is 1. The summed E-state index contributed by atoms with van der Waals surface area (Å²) in [7, 11) is 2.91. The van der Waals surface area contributed by atoms with Crippen molar-refractivity contribution in [3.8, 4) is 17.2 Å². The smallest absolute Gasteiger partial charge is 0.276 e. The first-order valence-electron chi connectivity index (χ1n) is 8.52. The normalized spacial score (nSPS) is 17.6. The molecule has 0 radical (unpaired) electrons. The quantitative estimate of drug-likeness (QED) is 0.699. The summed E-state index contributed by atoms with van der Waals surface area (Å²) in [6.45, 7) is 0. The Balaban J connectivity index is 2.00. The standard InChI is InChI=1S/C19H17BrN4O4S/c1-27-13-6-9(7-14(28-2)16(13)25)17-21-12-5-4-10(20)8-11(12)15-18(26)22-19(29-3)23-24(15)17/h4-8,17,25H,1-3H3,(H,22,23,26). The van der Waals surface area contributed by atoms with Gasteiger partial charge in [0.05, 0.1) is 19.6 Å². The molecule has 2 N–H and O–H groups in total. The third-order valence-corrected chi connectivity index (χ3v) is 5.63. The summed E-state index contributed by atoms with van der Waals surface area (Å²) in [5.74, 6) is 0.121. The van der Waals surface area contributed by atoms with Crippen molar-refractivity contribution in [3.05, 3.63) is 50.9 Å². The number of benzene rings is 2. The number of hydrogen-bond donors (Lipinski definition) is 2. The molecular weight excluding hydrogens is 460 g/mol. The molecule has 0 aromatic heterocycles. The van der Waals surface area contributed by atoms with Crippen molar-refractivity contribution in [1.29, 1.82) is 0 Å². The monoisotopic (exact) mass is 476 g/mol. The number of nitrogens with one attached hydrogen (secondary N) is 1. The minimum absolute atomic E-state index is 0.104. The number of ether oxygens (including phenoxy) is 2. The molecule has 0 saturated heterocycles. The lowest BCUT2D eigenvalue weighted by atomic mass is 10.1. The summed E-state index contributed by atoms with van der Waals surface area (Å²) in [5.41, 5.74) is 1.05. The third kappa shape index (κ3) is 3.32. The summed E-state index contributed by atoms with van der Waals surface area (Å²) in [4.78, 5) is 17.7. The van der Waals surface area contributed by atoms with Crippen molar-refractivity contribution in [2.24, 2.45) is 10.1 Å². The minimum Gasteiger partial charge on any atom is -0.502 e. The van der Waals surface area contributed by atoms with Gasteiger partial charge in [0.1, 0.15) is 5.70 Å². The van der Waals surface area contributed by atoms with Gasteiger partial charge in [0.15, 0.2) is 22.8 Å². The number of phenolic OH excluding ortho intramolecular Hbond substituents is 1. The third-order valence-electron chi connectivity index (χ3n) is 4.56. The molecule has 10 heteroatoms. The largest absolute Gasteiger partial charge is 0.502 e. The van der Waals surface area contributed by atoms with E-state index in [1.807, 2.05) is 24.5 Å². The number of thioether (sulfide) groups is 1. The van der Waals surface area contributed by atoms with Gasteiger partial charge in [-0.1, -0.05) is 27.7 Å². The topological polar surface area (TPSA) is 95.8 Å². The molecule has 4 rings (SSSR count). The molecule has 2 aromatic carbocycles. The number of methoxy groups -OCH3 is 2. The second kappa shape index (κ2) is 7.60. The molecule has 2 aromatic rings. The van der Waals surface area contributed by atoms with E-state index in [-0.39, 0.29) is 23.2 Å². The van der Waals surface area contributed by atoms with Gasteiger partial charge in [-0.3, -0.25) is 15.1 Å². The van der Waals surface area contributed by atoms with E-state index in [0.29, 0.717) is 27.0 Å². The van der Waals surface area contributed by atoms with Crippen LogP contribution in [0.5, 0.6) is 17.2 Å². The Morgan fingerprint density at radius 1 is 1.21 bits per heavy atom. The van der Waals surface area contributed by atoms with E-state index in [1.165, 1.54) is 26.0 Å². The average molecular weight is 477 g/mol. The van der Waals surface area contributed by atoms with Crippen molar-refractivity contribution in [2.45, 2.75) is 6.17 Å². The highest BCUT2D eigenvalue weighted by Gasteiger charge is 2.35. The zero-order chi connectivity index (χ0) is 20.7. The highest BCUT2D eigenvalue weighted by molar-refractivity contribution is 9.10. The van der Waals surface area contributed by atoms with Crippen LogP contribution in [0.4, 0.5) is 0 Å². The number of amidine groups is 1. The highest BCUT2D eigenvalue weighted by Crippen LogP contribution is 2.41. The summed E-state index contributed by atoms with van der Waals surface area (Å²) >= 11 is 4.78. The van der Waals surface area contributed by atoms with Gasteiger partial charge in [-0.2, -0.15) is 0 Å².